The zero-order chi connectivity index (χ0) is 18.3. The van der Waals surface area contributed by atoms with Crippen LogP contribution in [0.5, 0.6) is 0 Å². The molecule has 0 aliphatic heterocycles. The Bertz CT molecular complexity index is 801. The number of aryl methyl sites for hydroxylation is 1. The molecule has 134 valence electrons. The van der Waals surface area contributed by atoms with Crippen LogP contribution in [0.25, 0.3) is 0 Å². The van der Waals surface area contributed by atoms with Gasteiger partial charge in [-0.05, 0) is 37.2 Å². The van der Waals surface area contributed by atoms with E-state index in [9.17, 15) is 13.2 Å². The minimum absolute atomic E-state index is 0.0348. The third-order valence-electron chi connectivity index (χ3n) is 3.57. The molecule has 2 N–H and O–H groups in total. The van der Waals surface area contributed by atoms with E-state index in [-0.39, 0.29) is 11.7 Å². The molecule has 0 fully saturated rings. The van der Waals surface area contributed by atoms with E-state index in [2.05, 4.69) is 10.0 Å². The van der Waals surface area contributed by atoms with E-state index < -0.39 is 10.0 Å². The van der Waals surface area contributed by atoms with Crippen molar-refractivity contribution >= 4 is 27.7 Å². The number of hydrogen-bond acceptors (Lipinski definition) is 4. The Morgan fingerprint density at radius 3 is 2.20 bits per heavy atom. The number of carbonyl (C=O) groups excluding carboxylic acids is 1. The van der Waals surface area contributed by atoms with E-state index in [1.165, 1.54) is 24.4 Å². The van der Waals surface area contributed by atoms with E-state index in [0.29, 0.717) is 17.9 Å². The second-order valence-corrected chi connectivity index (χ2v) is 8.63. The summed E-state index contributed by atoms with van der Waals surface area (Å²) in [6.45, 7) is 2.45. The summed E-state index contributed by atoms with van der Waals surface area (Å²) in [5, 5.41) is 2.87. The van der Waals surface area contributed by atoms with Crippen LogP contribution in [0.4, 0.5) is 0 Å². The quantitative estimate of drug-likeness (QED) is 0.692. The largest absolute Gasteiger partial charge is 0.351 e. The SMILES string of the molecule is CNS(=O)(=O)Cc1ccc(CNC(=O)CSc2ccc(C)cc2)cc1. The molecular formula is C18H22N2O3S2. The van der Waals surface area contributed by atoms with Crippen molar-refractivity contribution < 1.29 is 13.2 Å². The van der Waals surface area contributed by atoms with Crippen molar-refractivity contribution in [3.63, 3.8) is 0 Å². The molecule has 0 spiro atoms. The fraction of sp³-hybridized carbons (Fsp3) is 0.278. The molecule has 0 bridgehead atoms. The van der Waals surface area contributed by atoms with Crippen LogP contribution in [0.15, 0.2) is 53.4 Å². The fourth-order valence-corrected chi connectivity index (χ4v) is 3.58. The zero-order valence-corrected chi connectivity index (χ0v) is 15.9. The van der Waals surface area contributed by atoms with Gasteiger partial charge in [-0.3, -0.25) is 4.79 Å². The molecule has 0 aromatic heterocycles. The number of amides is 1. The highest BCUT2D eigenvalue weighted by molar-refractivity contribution is 8.00. The first-order chi connectivity index (χ1) is 11.9. The summed E-state index contributed by atoms with van der Waals surface area (Å²) in [5.74, 6) is 0.276. The molecule has 2 aromatic rings. The van der Waals surface area contributed by atoms with Gasteiger partial charge in [0.05, 0.1) is 11.5 Å². The average Bonchev–Trinajstić information content (AvgIpc) is 2.60. The smallest absolute Gasteiger partial charge is 0.230 e. The molecule has 0 aliphatic carbocycles. The molecule has 5 nitrogen and oxygen atoms in total. The number of nitrogens with one attached hydrogen (secondary N) is 2. The van der Waals surface area contributed by atoms with Crippen molar-refractivity contribution in [2.45, 2.75) is 24.1 Å². The van der Waals surface area contributed by atoms with Gasteiger partial charge in [0.25, 0.3) is 0 Å². The maximum atomic E-state index is 11.9. The van der Waals surface area contributed by atoms with Gasteiger partial charge in [-0.25, -0.2) is 13.1 Å². The Balaban J connectivity index is 1.78. The minimum atomic E-state index is -3.27. The maximum Gasteiger partial charge on any atom is 0.230 e. The average molecular weight is 379 g/mol. The first-order valence-electron chi connectivity index (χ1n) is 7.83. The molecule has 0 unspecified atom stereocenters. The summed E-state index contributed by atoms with van der Waals surface area (Å²) in [7, 11) is -1.87. The predicted octanol–water partition coefficient (Wildman–Crippen LogP) is 2.45. The number of rotatable bonds is 8. The van der Waals surface area contributed by atoms with Crippen molar-refractivity contribution in [2.24, 2.45) is 0 Å². The van der Waals surface area contributed by atoms with E-state index >= 15 is 0 Å². The predicted molar refractivity (Wildman–Crippen MR) is 102 cm³/mol. The van der Waals surface area contributed by atoms with Crippen molar-refractivity contribution in [2.75, 3.05) is 12.8 Å². The number of benzene rings is 2. The number of hydrogen-bond donors (Lipinski definition) is 2. The van der Waals surface area contributed by atoms with Crippen molar-refractivity contribution in [1.29, 1.82) is 0 Å². The molecule has 2 rings (SSSR count). The molecule has 0 heterocycles. The van der Waals surface area contributed by atoms with Gasteiger partial charge >= 0.3 is 0 Å². The van der Waals surface area contributed by atoms with Crippen LogP contribution in [0.2, 0.25) is 0 Å². The Morgan fingerprint density at radius 1 is 1.00 bits per heavy atom. The van der Waals surface area contributed by atoms with Crippen LogP contribution < -0.4 is 10.0 Å². The molecule has 1 amide bonds. The van der Waals surface area contributed by atoms with Crippen molar-refractivity contribution in [3.8, 4) is 0 Å². The summed E-state index contributed by atoms with van der Waals surface area (Å²) >= 11 is 1.50. The monoisotopic (exact) mass is 378 g/mol. The molecule has 0 saturated heterocycles. The molecule has 0 radical (unpaired) electrons. The second kappa shape index (κ2) is 9.03. The number of carbonyl (C=O) groups is 1. The van der Waals surface area contributed by atoms with Gasteiger partial charge in [-0.15, -0.1) is 11.8 Å². The first-order valence-corrected chi connectivity index (χ1v) is 10.5. The minimum Gasteiger partial charge on any atom is -0.351 e. The van der Waals surface area contributed by atoms with E-state index in [0.717, 1.165) is 10.5 Å². The normalized spacial score (nSPS) is 11.3. The fourth-order valence-electron chi connectivity index (χ4n) is 2.08. The van der Waals surface area contributed by atoms with Gasteiger partial charge in [0.2, 0.25) is 15.9 Å². The summed E-state index contributed by atoms with van der Waals surface area (Å²) < 4.78 is 25.3. The lowest BCUT2D eigenvalue weighted by Gasteiger charge is -2.07. The zero-order valence-electron chi connectivity index (χ0n) is 14.3. The Hall–Kier alpha value is -1.83. The van der Waals surface area contributed by atoms with Gasteiger partial charge in [-0.2, -0.15) is 0 Å². The Labute approximate surface area is 153 Å². The molecule has 0 atom stereocenters. The third kappa shape index (κ3) is 6.89. The van der Waals surface area contributed by atoms with Gasteiger partial charge < -0.3 is 5.32 Å². The Kier molecular flexibility index (Phi) is 7.04. The molecule has 2 aromatic carbocycles. The molecule has 0 saturated carbocycles. The van der Waals surface area contributed by atoms with Crippen LogP contribution in [0.3, 0.4) is 0 Å². The highest BCUT2D eigenvalue weighted by atomic mass is 32.2. The van der Waals surface area contributed by atoms with Crippen LogP contribution in [0, 0.1) is 6.92 Å². The van der Waals surface area contributed by atoms with E-state index in [1.807, 2.05) is 43.3 Å². The van der Waals surface area contributed by atoms with Crippen LogP contribution >= 0.6 is 11.8 Å². The van der Waals surface area contributed by atoms with Crippen LogP contribution in [-0.2, 0) is 27.1 Å². The summed E-state index contributed by atoms with van der Waals surface area (Å²) in [4.78, 5) is 13.0. The highest BCUT2D eigenvalue weighted by Crippen LogP contribution is 2.17. The molecule has 7 heteroatoms. The Morgan fingerprint density at radius 2 is 1.60 bits per heavy atom. The van der Waals surface area contributed by atoms with Crippen molar-refractivity contribution in [1.82, 2.24) is 10.0 Å². The first kappa shape index (κ1) is 19.5. The summed E-state index contributed by atoms with van der Waals surface area (Å²) in [6, 6.07) is 15.2. The highest BCUT2D eigenvalue weighted by Gasteiger charge is 2.08. The van der Waals surface area contributed by atoms with Crippen molar-refractivity contribution in [3.05, 3.63) is 65.2 Å². The lowest BCUT2D eigenvalue weighted by atomic mass is 10.1. The number of sulfonamides is 1. The summed E-state index contributed by atoms with van der Waals surface area (Å²) in [5.41, 5.74) is 2.83. The third-order valence-corrected chi connectivity index (χ3v) is 5.92. The summed E-state index contributed by atoms with van der Waals surface area (Å²) in [6.07, 6.45) is 0. The molecule has 0 aliphatic rings. The van der Waals surface area contributed by atoms with Gasteiger partial charge in [-0.1, -0.05) is 42.0 Å². The second-order valence-electron chi connectivity index (χ2n) is 5.66. The number of thioether (sulfide) groups is 1. The molecular weight excluding hydrogens is 356 g/mol. The lowest BCUT2D eigenvalue weighted by Crippen LogP contribution is -2.24. The van der Waals surface area contributed by atoms with E-state index in [4.69, 9.17) is 0 Å². The van der Waals surface area contributed by atoms with Gasteiger partial charge in [0.15, 0.2) is 0 Å². The topological polar surface area (TPSA) is 75.3 Å². The molecule has 25 heavy (non-hydrogen) atoms. The van der Waals surface area contributed by atoms with Crippen LogP contribution in [0.1, 0.15) is 16.7 Å². The van der Waals surface area contributed by atoms with Gasteiger partial charge in [0.1, 0.15) is 0 Å². The van der Waals surface area contributed by atoms with Crippen LogP contribution in [-0.4, -0.2) is 27.1 Å². The lowest BCUT2D eigenvalue weighted by molar-refractivity contribution is -0.118. The van der Waals surface area contributed by atoms with E-state index in [1.54, 1.807) is 12.1 Å². The standard InChI is InChI=1S/C18H22N2O3S2/c1-14-3-9-17(10-4-14)24-12-18(21)20-11-15-5-7-16(8-6-15)13-25(22,23)19-2/h3-10,19H,11-13H2,1-2H3,(H,20,21). The maximum absolute atomic E-state index is 11.9. The van der Waals surface area contributed by atoms with Gasteiger partial charge in [0, 0.05) is 11.4 Å².